The fraction of sp³-hybridized carbons (Fsp3) is 0.0714. The summed E-state index contributed by atoms with van der Waals surface area (Å²) in [4.78, 5) is 39.3. The second kappa shape index (κ2) is 5.06. The summed E-state index contributed by atoms with van der Waals surface area (Å²) in [5.41, 5.74) is 0.763. The number of aromatic nitrogens is 1. The largest absolute Gasteiger partial charge is 0.439 e. The zero-order valence-corrected chi connectivity index (χ0v) is 11.4. The average Bonchev–Trinajstić information content (AvgIpc) is 3.02. The number of esters is 1. The van der Waals surface area contributed by atoms with E-state index >= 15 is 0 Å². The number of fused-ring (bicyclic) bond motifs is 1. The Morgan fingerprint density at radius 1 is 1.19 bits per heavy atom. The van der Waals surface area contributed by atoms with E-state index in [0.717, 1.165) is 4.90 Å². The van der Waals surface area contributed by atoms with Crippen LogP contribution in [0.25, 0.3) is 0 Å². The van der Waals surface area contributed by atoms with Crippen molar-refractivity contribution in [2.75, 3.05) is 6.73 Å². The van der Waals surface area contributed by atoms with Gasteiger partial charge in [-0.3, -0.25) is 9.59 Å². The Labute approximate surface area is 124 Å². The van der Waals surface area contributed by atoms with Gasteiger partial charge in [-0.1, -0.05) is 23.7 Å². The van der Waals surface area contributed by atoms with Gasteiger partial charge in [0.15, 0.2) is 6.73 Å². The Morgan fingerprint density at radius 2 is 1.81 bits per heavy atom. The number of ether oxygens (including phenoxy) is 1. The number of carbonyl (C=O) groups excluding carboxylic acids is 3. The molecule has 3 rings (SSSR count). The number of H-pyrrole nitrogens is 1. The van der Waals surface area contributed by atoms with Crippen LogP contribution in [0.2, 0.25) is 5.02 Å². The van der Waals surface area contributed by atoms with E-state index in [9.17, 15) is 14.4 Å². The number of amides is 2. The number of aromatic amines is 1. The van der Waals surface area contributed by atoms with Gasteiger partial charge in [-0.2, -0.15) is 0 Å². The van der Waals surface area contributed by atoms with Crippen LogP contribution in [0.1, 0.15) is 31.2 Å². The van der Waals surface area contributed by atoms with Gasteiger partial charge in [-0.25, -0.2) is 9.69 Å². The SMILES string of the molecule is O=C(OCN1C(=O)c2ccccc2C1=O)c1cc(Cl)c[nH]1. The predicted molar refractivity (Wildman–Crippen MR) is 73.0 cm³/mol. The minimum Gasteiger partial charge on any atom is -0.439 e. The third kappa shape index (κ3) is 2.30. The van der Waals surface area contributed by atoms with Gasteiger partial charge in [0.05, 0.1) is 16.1 Å². The maximum absolute atomic E-state index is 12.0. The lowest BCUT2D eigenvalue weighted by Gasteiger charge is -2.13. The first-order valence-electron chi connectivity index (χ1n) is 6.04. The highest BCUT2D eigenvalue weighted by molar-refractivity contribution is 6.30. The van der Waals surface area contributed by atoms with Crippen LogP contribution in [0.3, 0.4) is 0 Å². The van der Waals surface area contributed by atoms with Gasteiger partial charge >= 0.3 is 5.97 Å². The Bertz CT molecular complexity index is 718. The van der Waals surface area contributed by atoms with Gasteiger partial charge in [-0.05, 0) is 18.2 Å². The first-order valence-corrected chi connectivity index (χ1v) is 6.42. The van der Waals surface area contributed by atoms with Crippen LogP contribution >= 0.6 is 11.6 Å². The van der Waals surface area contributed by atoms with E-state index in [1.165, 1.54) is 12.3 Å². The highest BCUT2D eigenvalue weighted by Gasteiger charge is 2.35. The van der Waals surface area contributed by atoms with Crippen molar-refractivity contribution in [1.29, 1.82) is 0 Å². The molecule has 0 atom stereocenters. The van der Waals surface area contributed by atoms with E-state index < -0.39 is 24.5 Å². The van der Waals surface area contributed by atoms with Crippen molar-refractivity contribution in [3.8, 4) is 0 Å². The van der Waals surface area contributed by atoms with Crippen LogP contribution in [-0.2, 0) is 4.74 Å². The number of hydrogen-bond donors (Lipinski definition) is 1. The fourth-order valence-electron chi connectivity index (χ4n) is 2.04. The van der Waals surface area contributed by atoms with Crippen molar-refractivity contribution in [1.82, 2.24) is 9.88 Å². The Kier molecular flexibility index (Phi) is 3.23. The van der Waals surface area contributed by atoms with E-state index in [-0.39, 0.29) is 5.69 Å². The molecule has 2 heterocycles. The number of benzene rings is 1. The molecule has 21 heavy (non-hydrogen) atoms. The summed E-state index contributed by atoms with van der Waals surface area (Å²) in [5, 5.41) is 0.364. The third-order valence-corrected chi connectivity index (χ3v) is 3.29. The van der Waals surface area contributed by atoms with Crippen LogP contribution in [0.15, 0.2) is 36.5 Å². The van der Waals surface area contributed by atoms with E-state index in [1.54, 1.807) is 24.3 Å². The molecule has 0 spiro atoms. The average molecular weight is 305 g/mol. The lowest BCUT2D eigenvalue weighted by molar-refractivity contribution is 0.0224. The van der Waals surface area contributed by atoms with E-state index in [1.807, 2.05) is 0 Å². The van der Waals surface area contributed by atoms with Crippen molar-refractivity contribution in [2.45, 2.75) is 0 Å². The Balaban J connectivity index is 1.71. The van der Waals surface area contributed by atoms with E-state index in [0.29, 0.717) is 16.1 Å². The molecule has 2 aromatic rings. The summed E-state index contributed by atoms with van der Waals surface area (Å²) in [5.74, 6) is -1.65. The number of nitrogens with zero attached hydrogens (tertiary/aromatic N) is 1. The molecule has 0 radical (unpaired) electrons. The number of carbonyl (C=O) groups is 3. The van der Waals surface area contributed by atoms with Crippen molar-refractivity contribution >= 4 is 29.4 Å². The molecule has 0 fully saturated rings. The summed E-state index contributed by atoms with van der Waals surface area (Å²) in [6.45, 7) is -0.443. The second-order valence-corrected chi connectivity index (χ2v) is 4.81. The zero-order valence-electron chi connectivity index (χ0n) is 10.6. The second-order valence-electron chi connectivity index (χ2n) is 4.38. The molecule has 0 saturated carbocycles. The van der Waals surface area contributed by atoms with Crippen molar-refractivity contribution in [2.24, 2.45) is 0 Å². The molecule has 1 aromatic carbocycles. The molecular weight excluding hydrogens is 296 g/mol. The van der Waals surface area contributed by atoms with E-state index in [4.69, 9.17) is 16.3 Å². The lowest BCUT2D eigenvalue weighted by atomic mass is 10.1. The monoisotopic (exact) mass is 304 g/mol. The number of halogens is 1. The molecule has 1 aliphatic heterocycles. The summed E-state index contributed by atoms with van der Waals surface area (Å²) < 4.78 is 4.95. The fourth-order valence-corrected chi connectivity index (χ4v) is 2.21. The van der Waals surface area contributed by atoms with Gasteiger partial charge in [0.1, 0.15) is 5.69 Å². The van der Waals surface area contributed by atoms with Crippen LogP contribution < -0.4 is 0 Å². The lowest BCUT2D eigenvalue weighted by Crippen LogP contribution is -2.33. The predicted octanol–water partition coefficient (Wildman–Crippen LogP) is 2.08. The summed E-state index contributed by atoms with van der Waals surface area (Å²) in [6.07, 6.45) is 1.43. The van der Waals surface area contributed by atoms with Crippen LogP contribution in [-0.4, -0.2) is 34.4 Å². The Hall–Kier alpha value is -2.60. The third-order valence-electron chi connectivity index (χ3n) is 3.07. The molecule has 2 amide bonds. The van der Waals surface area contributed by atoms with Gasteiger partial charge in [0, 0.05) is 6.20 Å². The van der Waals surface area contributed by atoms with Crippen LogP contribution in [0.5, 0.6) is 0 Å². The summed E-state index contributed by atoms with van der Waals surface area (Å²) in [7, 11) is 0. The number of rotatable bonds is 3. The van der Waals surface area contributed by atoms with E-state index in [2.05, 4.69) is 4.98 Å². The van der Waals surface area contributed by atoms with Crippen LogP contribution in [0.4, 0.5) is 0 Å². The van der Waals surface area contributed by atoms with Crippen molar-refractivity contribution < 1.29 is 19.1 Å². The summed E-state index contributed by atoms with van der Waals surface area (Å²) in [6, 6.07) is 7.84. The highest BCUT2D eigenvalue weighted by atomic mass is 35.5. The molecule has 7 heteroatoms. The summed E-state index contributed by atoms with van der Waals surface area (Å²) >= 11 is 5.68. The Morgan fingerprint density at radius 3 is 2.33 bits per heavy atom. The highest BCUT2D eigenvalue weighted by Crippen LogP contribution is 2.22. The van der Waals surface area contributed by atoms with Gasteiger partial charge in [-0.15, -0.1) is 0 Å². The minimum atomic E-state index is -0.696. The first kappa shape index (κ1) is 13.4. The molecule has 0 bridgehead atoms. The molecular formula is C14H9ClN2O4. The molecule has 6 nitrogen and oxygen atoms in total. The van der Waals surface area contributed by atoms with Crippen molar-refractivity contribution in [3.05, 3.63) is 58.4 Å². The quantitative estimate of drug-likeness (QED) is 0.695. The zero-order chi connectivity index (χ0) is 15.0. The maximum Gasteiger partial charge on any atom is 0.356 e. The normalized spacial score (nSPS) is 13.5. The molecule has 1 N–H and O–H groups in total. The van der Waals surface area contributed by atoms with Gasteiger partial charge in [0.25, 0.3) is 11.8 Å². The molecule has 0 aliphatic carbocycles. The number of nitrogens with one attached hydrogen (secondary N) is 1. The molecule has 0 unspecified atom stereocenters. The standard InChI is InChI=1S/C14H9ClN2O4/c15-8-5-11(16-6-8)14(20)21-7-17-12(18)9-3-1-2-4-10(9)13(17)19/h1-6,16H,7H2. The maximum atomic E-state index is 12.0. The van der Waals surface area contributed by atoms with Gasteiger partial charge < -0.3 is 9.72 Å². The first-order chi connectivity index (χ1) is 10.1. The van der Waals surface area contributed by atoms with Crippen molar-refractivity contribution in [3.63, 3.8) is 0 Å². The molecule has 1 aliphatic rings. The molecule has 106 valence electrons. The minimum absolute atomic E-state index is 0.150. The van der Waals surface area contributed by atoms with Crippen LogP contribution in [0, 0.1) is 0 Å². The molecule has 0 saturated heterocycles. The topological polar surface area (TPSA) is 79.5 Å². The smallest absolute Gasteiger partial charge is 0.356 e. The van der Waals surface area contributed by atoms with Gasteiger partial charge in [0.2, 0.25) is 0 Å². The number of imide groups is 1. The molecule has 1 aromatic heterocycles. The number of hydrogen-bond acceptors (Lipinski definition) is 4.